The van der Waals surface area contributed by atoms with E-state index in [4.69, 9.17) is 4.74 Å². The number of ether oxygens (including phenoxy) is 1. The Morgan fingerprint density at radius 3 is 2.87 bits per heavy atom. The number of methoxy groups -OCH3 is 1. The van der Waals surface area contributed by atoms with E-state index >= 15 is 0 Å². The van der Waals surface area contributed by atoms with Gasteiger partial charge in [0, 0.05) is 5.41 Å². The van der Waals surface area contributed by atoms with E-state index in [0.29, 0.717) is 17.8 Å². The Hall–Kier alpha value is -1.28. The van der Waals surface area contributed by atoms with Crippen LogP contribution in [0, 0.1) is 17.3 Å². The van der Waals surface area contributed by atoms with Crippen LogP contribution in [0.15, 0.2) is 30.4 Å². The average Bonchev–Trinajstić information content (AvgIpc) is 2.92. The third-order valence-corrected chi connectivity index (χ3v) is 7.25. The Morgan fingerprint density at radius 1 is 1.30 bits per heavy atom. The summed E-state index contributed by atoms with van der Waals surface area (Å²) in [7, 11) is 1.74. The zero-order valence-electron chi connectivity index (χ0n) is 14.3. The van der Waals surface area contributed by atoms with Crippen LogP contribution < -0.4 is 4.74 Å². The maximum Gasteiger partial charge on any atom is 0.119 e. The highest BCUT2D eigenvalue weighted by Crippen LogP contribution is 2.64. The molecule has 0 heterocycles. The first-order chi connectivity index (χ1) is 11.1. The van der Waals surface area contributed by atoms with Crippen molar-refractivity contribution in [2.45, 2.75) is 57.5 Å². The van der Waals surface area contributed by atoms with E-state index < -0.39 is 0 Å². The lowest BCUT2D eigenvalue weighted by molar-refractivity contribution is 0.00282. The highest BCUT2D eigenvalue weighted by Gasteiger charge is 2.57. The summed E-state index contributed by atoms with van der Waals surface area (Å²) in [6.07, 6.45) is 6.42. The molecule has 4 rings (SSSR count). The van der Waals surface area contributed by atoms with Crippen LogP contribution in [-0.4, -0.2) is 18.3 Å². The molecule has 0 saturated heterocycles. The molecule has 1 aromatic rings. The van der Waals surface area contributed by atoms with Gasteiger partial charge in [0.05, 0.1) is 13.2 Å². The van der Waals surface area contributed by atoms with Gasteiger partial charge in [0.25, 0.3) is 0 Å². The fraction of sp³-hybridized carbons (Fsp3) is 0.619. The summed E-state index contributed by atoms with van der Waals surface area (Å²) in [5.74, 6) is 2.88. The second-order valence-electron chi connectivity index (χ2n) is 7.78. The smallest absolute Gasteiger partial charge is 0.119 e. The Labute approximate surface area is 139 Å². The molecule has 0 unspecified atom stereocenters. The summed E-state index contributed by atoms with van der Waals surface area (Å²) in [6.45, 7) is 6.71. The highest BCUT2D eigenvalue weighted by molar-refractivity contribution is 5.42. The molecule has 2 heteroatoms. The van der Waals surface area contributed by atoms with Crippen LogP contribution in [-0.2, 0) is 6.42 Å². The summed E-state index contributed by atoms with van der Waals surface area (Å²) < 4.78 is 5.40. The van der Waals surface area contributed by atoms with Crippen molar-refractivity contribution in [1.82, 2.24) is 0 Å². The molecule has 124 valence electrons. The molecule has 5 atom stereocenters. The first-order valence-electron chi connectivity index (χ1n) is 9.15. The molecule has 0 aliphatic heterocycles. The highest BCUT2D eigenvalue weighted by atomic mass is 16.5. The van der Waals surface area contributed by atoms with Crippen molar-refractivity contribution in [3.63, 3.8) is 0 Å². The third-order valence-electron chi connectivity index (χ3n) is 7.25. The van der Waals surface area contributed by atoms with Gasteiger partial charge in [-0.3, -0.25) is 0 Å². The molecule has 0 amide bonds. The maximum absolute atomic E-state index is 10.7. The fourth-order valence-electron chi connectivity index (χ4n) is 6.18. The van der Waals surface area contributed by atoms with Crippen LogP contribution >= 0.6 is 0 Å². The van der Waals surface area contributed by atoms with Crippen molar-refractivity contribution in [2.24, 2.45) is 17.3 Å². The molecular weight excluding hydrogens is 284 g/mol. The second-order valence-corrected chi connectivity index (χ2v) is 7.78. The summed E-state index contributed by atoms with van der Waals surface area (Å²) >= 11 is 0. The summed E-state index contributed by atoms with van der Waals surface area (Å²) in [6, 6.07) is 6.61. The van der Waals surface area contributed by atoms with Crippen LogP contribution in [0.2, 0.25) is 0 Å². The van der Waals surface area contributed by atoms with E-state index in [1.54, 1.807) is 7.11 Å². The fourth-order valence-corrected chi connectivity index (χ4v) is 6.18. The standard InChI is InChI=1S/C21H28O2/c1-4-21-13(2)11-18-16-8-6-15(23-3)12-14(16)5-7-17(18)19(21)9-10-20(21)22/h6,8,12,17-20,22H,2,4-5,7,9-11H2,1,3H3/t17-,18-,19+,20+,21+/m1/s1. The zero-order chi connectivity index (χ0) is 16.2. The van der Waals surface area contributed by atoms with E-state index in [2.05, 4.69) is 31.7 Å². The Morgan fingerprint density at radius 2 is 2.13 bits per heavy atom. The molecule has 2 nitrogen and oxygen atoms in total. The van der Waals surface area contributed by atoms with Gasteiger partial charge in [-0.2, -0.15) is 0 Å². The molecule has 0 spiro atoms. The predicted molar refractivity (Wildman–Crippen MR) is 92.8 cm³/mol. The molecule has 3 aliphatic rings. The topological polar surface area (TPSA) is 29.5 Å². The Kier molecular flexibility index (Phi) is 3.57. The number of benzene rings is 1. The minimum Gasteiger partial charge on any atom is -0.497 e. The molecular formula is C21H28O2. The first kappa shape index (κ1) is 15.3. The van der Waals surface area contributed by atoms with Gasteiger partial charge in [-0.1, -0.05) is 25.1 Å². The predicted octanol–water partition coefficient (Wildman–Crippen LogP) is 4.47. The van der Waals surface area contributed by atoms with Gasteiger partial charge in [0.15, 0.2) is 0 Å². The van der Waals surface area contributed by atoms with E-state index in [0.717, 1.165) is 31.4 Å². The van der Waals surface area contributed by atoms with Crippen LogP contribution in [0.1, 0.15) is 56.1 Å². The van der Waals surface area contributed by atoms with Crippen LogP contribution in [0.25, 0.3) is 0 Å². The number of aliphatic hydroxyl groups excluding tert-OH is 1. The summed E-state index contributed by atoms with van der Waals surface area (Å²) in [5, 5.41) is 10.7. The van der Waals surface area contributed by atoms with Crippen molar-refractivity contribution in [3.05, 3.63) is 41.5 Å². The van der Waals surface area contributed by atoms with Gasteiger partial charge in [0.2, 0.25) is 0 Å². The van der Waals surface area contributed by atoms with Crippen LogP contribution in [0.3, 0.4) is 0 Å². The quantitative estimate of drug-likeness (QED) is 0.817. The lowest BCUT2D eigenvalue weighted by Crippen LogP contribution is -2.46. The van der Waals surface area contributed by atoms with Crippen molar-refractivity contribution in [3.8, 4) is 5.75 Å². The van der Waals surface area contributed by atoms with E-state index in [1.165, 1.54) is 29.5 Å². The van der Waals surface area contributed by atoms with Crippen molar-refractivity contribution in [1.29, 1.82) is 0 Å². The lowest BCUT2D eigenvalue weighted by Gasteiger charge is -2.52. The molecule has 3 aliphatic carbocycles. The molecule has 0 radical (unpaired) electrons. The number of hydrogen-bond acceptors (Lipinski definition) is 2. The molecule has 0 bridgehead atoms. The van der Waals surface area contributed by atoms with Gasteiger partial charge in [-0.05, 0) is 79.5 Å². The molecule has 2 fully saturated rings. The maximum atomic E-state index is 10.7. The minimum atomic E-state index is -0.178. The molecule has 0 aromatic heterocycles. The SMILES string of the molecule is C=C1C[C@@H]2c3ccc(OC)cc3CC[C@H]2[C@@H]2CC[C@H](O)[C@@]12CC. The van der Waals surface area contributed by atoms with Crippen molar-refractivity contribution in [2.75, 3.05) is 7.11 Å². The Balaban J connectivity index is 1.74. The van der Waals surface area contributed by atoms with Crippen LogP contribution in [0.4, 0.5) is 0 Å². The minimum absolute atomic E-state index is 0.00879. The largest absolute Gasteiger partial charge is 0.497 e. The van der Waals surface area contributed by atoms with Gasteiger partial charge in [-0.15, -0.1) is 0 Å². The Bertz CT molecular complexity index is 635. The molecule has 1 N–H and O–H groups in total. The van der Waals surface area contributed by atoms with Crippen molar-refractivity contribution < 1.29 is 9.84 Å². The molecule has 23 heavy (non-hydrogen) atoms. The molecule has 1 aromatic carbocycles. The van der Waals surface area contributed by atoms with Gasteiger partial charge >= 0.3 is 0 Å². The zero-order valence-corrected chi connectivity index (χ0v) is 14.3. The number of hydrogen-bond donors (Lipinski definition) is 1. The number of aliphatic hydroxyl groups is 1. The van der Waals surface area contributed by atoms with Gasteiger partial charge in [-0.25, -0.2) is 0 Å². The first-order valence-corrected chi connectivity index (χ1v) is 9.15. The summed E-state index contributed by atoms with van der Waals surface area (Å²) in [5.41, 5.74) is 4.26. The van der Waals surface area contributed by atoms with E-state index in [-0.39, 0.29) is 11.5 Å². The van der Waals surface area contributed by atoms with Crippen molar-refractivity contribution >= 4 is 0 Å². The lowest BCUT2D eigenvalue weighted by atomic mass is 9.52. The van der Waals surface area contributed by atoms with E-state index in [9.17, 15) is 5.11 Å². The monoisotopic (exact) mass is 312 g/mol. The summed E-state index contributed by atoms with van der Waals surface area (Å²) in [4.78, 5) is 0. The average molecular weight is 312 g/mol. The second kappa shape index (κ2) is 5.37. The normalized spacial score (nSPS) is 38.7. The van der Waals surface area contributed by atoms with Crippen LogP contribution in [0.5, 0.6) is 5.75 Å². The number of aryl methyl sites for hydroxylation is 1. The third kappa shape index (κ3) is 1.97. The molecule has 2 saturated carbocycles. The van der Waals surface area contributed by atoms with E-state index in [1.807, 2.05) is 0 Å². The van der Waals surface area contributed by atoms with Gasteiger partial charge in [0.1, 0.15) is 5.75 Å². The van der Waals surface area contributed by atoms with Gasteiger partial charge < -0.3 is 9.84 Å². The number of rotatable bonds is 2. The number of fused-ring (bicyclic) bond motifs is 5.